The topological polar surface area (TPSA) is 12.9 Å². The molecule has 0 aliphatic carbocycles. The third-order valence-electron chi connectivity index (χ3n) is 2.13. The van der Waals surface area contributed by atoms with Crippen LogP contribution in [0.5, 0.6) is 0 Å². The van der Waals surface area contributed by atoms with Crippen molar-refractivity contribution in [2.24, 2.45) is 0 Å². The minimum atomic E-state index is 1.08. The number of nitrogens with zero attached hydrogens (tertiary/aromatic N) is 1. The molecule has 0 aliphatic rings. The molecule has 0 fully saturated rings. The number of hydrogen-bond donors (Lipinski definition) is 0. The van der Waals surface area contributed by atoms with E-state index < -0.39 is 0 Å². The predicted octanol–water partition coefficient (Wildman–Crippen LogP) is 3.50. The summed E-state index contributed by atoms with van der Waals surface area (Å²) in [7, 11) is 0. The molecule has 0 saturated heterocycles. The van der Waals surface area contributed by atoms with Crippen molar-refractivity contribution >= 4 is 17.3 Å². The van der Waals surface area contributed by atoms with Gasteiger partial charge in [0.05, 0.1) is 5.69 Å². The number of aromatic nitrogens is 1. The summed E-state index contributed by atoms with van der Waals surface area (Å²) >= 11 is 1.77. The van der Waals surface area contributed by atoms with Crippen LogP contribution < -0.4 is 0 Å². The van der Waals surface area contributed by atoms with Crippen LogP contribution >= 0.6 is 11.8 Å². The normalized spacial score (nSPS) is 12.6. The molecule has 70 valence electrons. The third-order valence-corrected chi connectivity index (χ3v) is 3.05. The Kier molecular flexibility index (Phi) is 3.55. The maximum Gasteiger partial charge on any atom is 0.0666 e. The predicted molar refractivity (Wildman–Crippen MR) is 60.8 cm³/mol. The molecule has 0 aromatic carbocycles. The van der Waals surface area contributed by atoms with Gasteiger partial charge in [0, 0.05) is 6.20 Å². The number of thioether (sulfide) groups is 1. The molecular weight excluding hydrogens is 178 g/mol. The molecule has 0 radical (unpaired) electrons. The Hall–Kier alpha value is -0.760. The Morgan fingerprint density at radius 2 is 2.00 bits per heavy atom. The van der Waals surface area contributed by atoms with Crippen molar-refractivity contribution in [2.75, 3.05) is 6.26 Å². The molecule has 1 rings (SSSR count). The van der Waals surface area contributed by atoms with E-state index in [1.807, 2.05) is 6.20 Å². The molecular formula is C11H15NS. The highest BCUT2D eigenvalue weighted by Gasteiger charge is 2.00. The van der Waals surface area contributed by atoms with Gasteiger partial charge < -0.3 is 0 Å². The average Bonchev–Trinajstić information content (AvgIpc) is 2.17. The van der Waals surface area contributed by atoms with Crippen LogP contribution in [0.25, 0.3) is 5.57 Å². The Bertz CT molecular complexity index is 311. The molecule has 0 saturated carbocycles. The molecule has 0 atom stereocenters. The van der Waals surface area contributed by atoms with Gasteiger partial charge in [-0.1, -0.05) is 6.07 Å². The van der Waals surface area contributed by atoms with Gasteiger partial charge in [0.25, 0.3) is 0 Å². The van der Waals surface area contributed by atoms with Crippen LogP contribution in [-0.4, -0.2) is 11.2 Å². The van der Waals surface area contributed by atoms with Crippen molar-refractivity contribution in [1.29, 1.82) is 0 Å². The molecule has 1 aromatic rings. The van der Waals surface area contributed by atoms with Crippen molar-refractivity contribution in [3.63, 3.8) is 0 Å². The van der Waals surface area contributed by atoms with E-state index >= 15 is 0 Å². The van der Waals surface area contributed by atoms with Crippen LogP contribution in [0.2, 0.25) is 0 Å². The molecule has 2 heteroatoms. The lowest BCUT2D eigenvalue weighted by Crippen LogP contribution is -1.87. The van der Waals surface area contributed by atoms with Crippen molar-refractivity contribution in [2.45, 2.75) is 20.8 Å². The standard InChI is InChI=1S/C11H15NS/c1-8-5-6-11(12-7-8)9(2)10(3)13-4/h5-7H,1-4H3/b10-9-. The van der Waals surface area contributed by atoms with Crippen LogP contribution in [0.15, 0.2) is 23.2 Å². The fraction of sp³-hybridized carbons (Fsp3) is 0.364. The van der Waals surface area contributed by atoms with Crippen LogP contribution in [0, 0.1) is 6.92 Å². The van der Waals surface area contributed by atoms with Gasteiger partial charge in [-0.05, 0) is 49.1 Å². The quantitative estimate of drug-likeness (QED) is 0.713. The first-order chi connectivity index (χ1) is 6.15. The van der Waals surface area contributed by atoms with Crippen LogP contribution in [0.4, 0.5) is 0 Å². The van der Waals surface area contributed by atoms with Crippen molar-refractivity contribution in [3.05, 3.63) is 34.5 Å². The van der Waals surface area contributed by atoms with Crippen molar-refractivity contribution in [3.8, 4) is 0 Å². The molecule has 0 aliphatic heterocycles. The number of pyridine rings is 1. The lowest BCUT2D eigenvalue weighted by atomic mass is 10.1. The van der Waals surface area contributed by atoms with Gasteiger partial charge in [-0.3, -0.25) is 4.98 Å². The van der Waals surface area contributed by atoms with E-state index in [9.17, 15) is 0 Å². The Morgan fingerprint density at radius 3 is 2.46 bits per heavy atom. The van der Waals surface area contributed by atoms with E-state index in [0.29, 0.717) is 0 Å². The van der Waals surface area contributed by atoms with Gasteiger partial charge in [0.2, 0.25) is 0 Å². The second-order valence-electron chi connectivity index (χ2n) is 3.11. The van der Waals surface area contributed by atoms with Gasteiger partial charge in [-0.2, -0.15) is 0 Å². The summed E-state index contributed by atoms with van der Waals surface area (Å²) in [5, 5.41) is 0. The molecule has 1 aromatic heterocycles. The average molecular weight is 193 g/mol. The SMILES string of the molecule is CS/C(C)=C(/C)c1ccc(C)cn1. The summed E-state index contributed by atoms with van der Waals surface area (Å²) in [6.45, 7) is 6.29. The molecule has 0 bridgehead atoms. The fourth-order valence-corrected chi connectivity index (χ4v) is 1.43. The van der Waals surface area contributed by atoms with Gasteiger partial charge in [0.1, 0.15) is 0 Å². The van der Waals surface area contributed by atoms with E-state index in [1.54, 1.807) is 11.8 Å². The summed E-state index contributed by atoms with van der Waals surface area (Å²) in [4.78, 5) is 5.71. The molecule has 0 unspecified atom stereocenters. The molecule has 0 amide bonds. The van der Waals surface area contributed by atoms with Gasteiger partial charge >= 0.3 is 0 Å². The zero-order chi connectivity index (χ0) is 9.84. The van der Waals surface area contributed by atoms with Crippen LogP contribution in [0.1, 0.15) is 25.1 Å². The number of rotatable bonds is 2. The summed E-state index contributed by atoms with van der Waals surface area (Å²) in [5.74, 6) is 0. The molecule has 1 heterocycles. The maximum absolute atomic E-state index is 4.38. The summed E-state index contributed by atoms with van der Waals surface area (Å²) < 4.78 is 0. The summed E-state index contributed by atoms with van der Waals surface area (Å²) in [6, 6.07) is 4.17. The second kappa shape index (κ2) is 4.47. The molecule has 0 spiro atoms. The lowest BCUT2D eigenvalue weighted by molar-refractivity contribution is 1.22. The molecule has 13 heavy (non-hydrogen) atoms. The van der Waals surface area contributed by atoms with E-state index in [1.165, 1.54) is 16.0 Å². The Balaban J connectivity index is 3.02. The smallest absolute Gasteiger partial charge is 0.0666 e. The highest BCUT2D eigenvalue weighted by molar-refractivity contribution is 8.02. The van der Waals surface area contributed by atoms with Crippen molar-refractivity contribution in [1.82, 2.24) is 4.98 Å². The number of allylic oxidation sites excluding steroid dienone is 2. The first-order valence-electron chi connectivity index (χ1n) is 4.29. The minimum absolute atomic E-state index is 1.08. The third kappa shape index (κ3) is 2.59. The highest BCUT2D eigenvalue weighted by atomic mass is 32.2. The summed E-state index contributed by atoms with van der Waals surface area (Å²) in [6.07, 6.45) is 4.00. The van der Waals surface area contributed by atoms with Gasteiger partial charge in [0.15, 0.2) is 0 Å². The van der Waals surface area contributed by atoms with E-state index in [0.717, 1.165) is 5.69 Å². The van der Waals surface area contributed by atoms with Crippen LogP contribution in [-0.2, 0) is 0 Å². The Morgan fingerprint density at radius 1 is 1.31 bits per heavy atom. The van der Waals surface area contributed by atoms with E-state index in [4.69, 9.17) is 0 Å². The molecule has 1 nitrogen and oxygen atoms in total. The fourth-order valence-electron chi connectivity index (χ4n) is 1.02. The lowest BCUT2D eigenvalue weighted by Gasteiger charge is -2.04. The van der Waals surface area contributed by atoms with Crippen molar-refractivity contribution < 1.29 is 0 Å². The number of hydrogen-bond acceptors (Lipinski definition) is 2. The zero-order valence-electron chi connectivity index (χ0n) is 8.59. The molecule has 0 N–H and O–H groups in total. The monoisotopic (exact) mass is 193 g/mol. The van der Waals surface area contributed by atoms with E-state index in [2.05, 4.69) is 44.1 Å². The van der Waals surface area contributed by atoms with Gasteiger partial charge in [-0.25, -0.2) is 0 Å². The maximum atomic E-state index is 4.38. The summed E-state index contributed by atoms with van der Waals surface area (Å²) in [5.41, 5.74) is 3.56. The first kappa shape index (κ1) is 10.3. The zero-order valence-corrected chi connectivity index (χ0v) is 9.40. The number of aryl methyl sites for hydroxylation is 1. The second-order valence-corrected chi connectivity index (χ2v) is 4.13. The van der Waals surface area contributed by atoms with Gasteiger partial charge in [-0.15, -0.1) is 11.8 Å². The largest absolute Gasteiger partial charge is 0.256 e. The van der Waals surface area contributed by atoms with E-state index in [-0.39, 0.29) is 0 Å². The Labute approximate surface area is 84.3 Å². The highest BCUT2D eigenvalue weighted by Crippen LogP contribution is 2.22. The van der Waals surface area contributed by atoms with Crippen LogP contribution in [0.3, 0.4) is 0 Å². The first-order valence-corrected chi connectivity index (χ1v) is 5.52. The minimum Gasteiger partial charge on any atom is -0.256 e.